The van der Waals surface area contributed by atoms with Gasteiger partial charge in [-0.2, -0.15) is 0 Å². The summed E-state index contributed by atoms with van der Waals surface area (Å²) < 4.78 is 14.7. The normalized spacial score (nSPS) is 16.4. The number of piperidine rings is 1. The lowest BCUT2D eigenvalue weighted by Gasteiger charge is -2.31. The third-order valence-corrected chi connectivity index (χ3v) is 4.92. The maximum absolute atomic E-state index is 13.9. The number of nitrogens with zero attached hydrogens (tertiary/aromatic N) is 1. The SMILES string of the molecule is O=C(c1ccccc1)C1CCN(Cc2ccc(Br)cc2F)CC1. The number of rotatable bonds is 4. The van der Waals surface area contributed by atoms with Crippen LogP contribution < -0.4 is 0 Å². The minimum atomic E-state index is -0.179. The van der Waals surface area contributed by atoms with Gasteiger partial charge in [0.05, 0.1) is 0 Å². The maximum Gasteiger partial charge on any atom is 0.166 e. The van der Waals surface area contributed by atoms with E-state index in [-0.39, 0.29) is 17.5 Å². The van der Waals surface area contributed by atoms with Gasteiger partial charge >= 0.3 is 0 Å². The van der Waals surface area contributed by atoms with Crippen molar-refractivity contribution in [3.05, 3.63) is 69.9 Å². The highest BCUT2D eigenvalue weighted by Crippen LogP contribution is 2.24. The molecule has 0 spiro atoms. The van der Waals surface area contributed by atoms with Crippen LogP contribution in [0.5, 0.6) is 0 Å². The van der Waals surface area contributed by atoms with Crippen LogP contribution in [0.25, 0.3) is 0 Å². The van der Waals surface area contributed by atoms with E-state index in [1.807, 2.05) is 42.5 Å². The topological polar surface area (TPSA) is 20.3 Å². The van der Waals surface area contributed by atoms with Crippen LogP contribution in [0.4, 0.5) is 4.39 Å². The van der Waals surface area contributed by atoms with Crippen molar-refractivity contribution in [2.24, 2.45) is 5.92 Å². The van der Waals surface area contributed by atoms with Gasteiger partial charge in [0, 0.05) is 28.1 Å². The number of benzene rings is 2. The molecule has 2 aromatic carbocycles. The minimum absolute atomic E-state index is 0.0865. The van der Waals surface area contributed by atoms with Crippen LogP contribution in [0.2, 0.25) is 0 Å². The van der Waals surface area contributed by atoms with E-state index < -0.39 is 0 Å². The monoisotopic (exact) mass is 375 g/mol. The summed E-state index contributed by atoms with van der Waals surface area (Å²) in [7, 11) is 0. The lowest BCUT2D eigenvalue weighted by Crippen LogP contribution is -2.36. The molecule has 0 aromatic heterocycles. The van der Waals surface area contributed by atoms with Gasteiger partial charge in [0.1, 0.15) is 5.82 Å². The second kappa shape index (κ2) is 7.37. The molecular weight excluding hydrogens is 357 g/mol. The highest BCUT2D eigenvalue weighted by Gasteiger charge is 2.26. The van der Waals surface area contributed by atoms with Gasteiger partial charge in [-0.05, 0) is 38.1 Å². The molecule has 0 bridgehead atoms. The van der Waals surface area contributed by atoms with Gasteiger partial charge in [0.2, 0.25) is 0 Å². The molecule has 0 atom stereocenters. The Morgan fingerprint density at radius 3 is 2.48 bits per heavy atom. The largest absolute Gasteiger partial charge is 0.299 e. The molecule has 1 fully saturated rings. The van der Waals surface area contributed by atoms with E-state index in [1.165, 1.54) is 6.07 Å². The molecule has 4 heteroatoms. The van der Waals surface area contributed by atoms with Gasteiger partial charge < -0.3 is 0 Å². The molecule has 1 aliphatic rings. The Labute approximate surface area is 144 Å². The van der Waals surface area contributed by atoms with Crippen LogP contribution in [-0.2, 0) is 6.54 Å². The summed E-state index contributed by atoms with van der Waals surface area (Å²) in [5.41, 5.74) is 1.51. The van der Waals surface area contributed by atoms with Crippen LogP contribution in [0.15, 0.2) is 53.0 Å². The molecule has 1 saturated heterocycles. The van der Waals surface area contributed by atoms with E-state index >= 15 is 0 Å². The van der Waals surface area contributed by atoms with Gasteiger partial charge in [0.25, 0.3) is 0 Å². The first-order valence-corrected chi connectivity index (χ1v) is 8.68. The van der Waals surface area contributed by atoms with E-state index in [0.29, 0.717) is 12.1 Å². The van der Waals surface area contributed by atoms with Crippen molar-refractivity contribution >= 4 is 21.7 Å². The van der Waals surface area contributed by atoms with Crippen molar-refractivity contribution in [2.75, 3.05) is 13.1 Å². The maximum atomic E-state index is 13.9. The molecule has 2 aromatic rings. The third kappa shape index (κ3) is 4.06. The van der Waals surface area contributed by atoms with E-state index in [4.69, 9.17) is 0 Å². The molecule has 0 amide bonds. The quantitative estimate of drug-likeness (QED) is 0.722. The van der Waals surface area contributed by atoms with Gasteiger partial charge in [-0.3, -0.25) is 9.69 Å². The average Bonchev–Trinajstić information content (AvgIpc) is 2.58. The highest BCUT2D eigenvalue weighted by molar-refractivity contribution is 9.10. The lowest BCUT2D eigenvalue weighted by atomic mass is 9.89. The summed E-state index contributed by atoms with van der Waals surface area (Å²) in [6, 6.07) is 14.7. The first-order chi connectivity index (χ1) is 11.1. The van der Waals surface area contributed by atoms with Crippen molar-refractivity contribution < 1.29 is 9.18 Å². The van der Waals surface area contributed by atoms with Crippen LogP contribution in [0.1, 0.15) is 28.8 Å². The molecule has 2 nitrogen and oxygen atoms in total. The van der Waals surface area contributed by atoms with Crippen LogP contribution >= 0.6 is 15.9 Å². The van der Waals surface area contributed by atoms with Gasteiger partial charge in [0.15, 0.2) is 5.78 Å². The van der Waals surface area contributed by atoms with E-state index in [2.05, 4.69) is 20.8 Å². The number of Topliss-reactive ketones (excluding diaryl/α,β-unsaturated/α-hetero) is 1. The Balaban J connectivity index is 1.57. The average molecular weight is 376 g/mol. The zero-order valence-electron chi connectivity index (χ0n) is 12.8. The molecule has 0 radical (unpaired) electrons. The Hall–Kier alpha value is -1.52. The Morgan fingerprint density at radius 2 is 1.83 bits per heavy atom. The highest BCUT2D eigenvalue weighted by atomic mass is 79.9. The molecule has 23 heavy (non-hydrogen) atoms. The van der Waals surface area contributed by atoms with Crippen molar-refractivity contribution in [1.29, 1.82) is 0 Å². The van der Waals surface area contributed by atoms with E-state index in [1.54, 1.807) is 0 Å². The number of carbonyl (C=O) groups excluding carboxylic acids is 1. The molecule has 1 heterocycles. The van der Waals surface area contributed by atoms with Gasteiger partial charge in [-0.1, -0.05) is 52.3 Å². The predicted octanol–water partition coefficient (Wildman–Crippen LogP) is 4.68. The van der Waals surface area contributed by atoms with Crippen LogP contribution in [0.3, 0.4) is 0 Å². The number of halogens is 2. The second-order valence-corrected chi connectivity index (χ2v) is 6.93. The van der Waals surface area contributed by atoms with Crippen molar-refractivity contribution in [3.63, 3.8) is 0 Å². The molecule has 0 unspecified atom stereocenters. The summed E-state index contributed by atoms with van der Waals surface area (Å²) >= 11 is 3.28. The van der Waals surface area contributed by atoms with E-state index in [0.717, 1.165) is 36.0 Å². The number of hydrogen-bond acceptors (Lipinski definition) is 2. The fraction of sp³-hybridized carbons (Fsp3) is 0.316. The fourth-order valence-corrected chi connectivity index (χ4v) is 3.42. The summed E-state index contributed by atoms with van der Waals surface area (Å²) in [6.07, 6.45) is 1.68. The van der Waals surface area contributed by atoms with Crippen LogP contribution in [-0.4, -0.2) is 23.8 Å². The molecular formula is C19H19BrFNO. The van der Waals surface area contributed by atoms with Crippen molar-refractivity contribution in [1.82, 2.24) is 4.90 Å². The molecule has 0 aliphatic carbocycles. The number of hydrogen-bond donors (Lipinski definition) is 0. The Morgan fingerprint density at radius 1 is 1.13 bits per heavy atom. The standard InChI is InChI=1S/C19H19BrFNO/c20-17-7-6-16(18(21)12-17)13-22-10-8-15(9-11-22)19(23)14-4-2-1-3-5-14/h1-7,12,15H,8-11,13H2. The minimum Gasteiger partial charge on any atom is -0.299 e. The number of ketones is 1. The summed E-state index contributed by atoms with van der Waals surface area (Å²) in [5.74, 6) is 0.144. The van der Waals surface area contributed by atoms with Crippen LogP contribution in [0, 0.1) is 11.7 Å². The van der Waals surface area contributed by atoms with Gasteiger partial charge in [-0.25, -0.2) is 4.39 Å². The smallest absolute Gasteiger partial charge is 0.166 e. The van der Waals surface area contributed by atoms with E-state index in [9.17, 15) is 9.18 Å². The first-order valence-electron chi connectivity index (χ1n) is 7.89. The fourth-order valence-electron chi connectivity index (χ4n) is 3.08. The molecule has 120 valence electrons. The second-order valence-electron chi connectivity index (χ2n) is 6.02. The molecule has 3 rings (SSSR count). The molecule has 1 aliphatic heterocycles. The Kier molecular flexibility index (Phi) is 5.23. The summed E-state index contributed by atoms with van der Waals surface area (Å²) in [4.78, 5) is 14.7. The Bertz CT molecular complexity index is 681. The predicted molar refractivity (Wildman–Crippen MR) is 92.9 cm³/mol. The summed E-state index contributed by atoms with van der Waals surface area (Å²) in [5, 5.41) is 0. The molecule has 0 N–H and O–H groups in total. The zero-order chi connectivity index (χ0) is 16.2. The molecule has 0 saturated carbocycles. The number of likely N-dealkylation sites (tertiary alicyclic amines) is 1. The third-order valence-electron chi connectivity index (χ3n) is 4.43. The summed E-state index contributed by atoms with van der Waals surface area (Å²) in [6.45, 7) is 2.27. The zero-order valence-corrected chi connectivity index (χ0v) is 14.4. The first kappa shape index (κ1) is 16.3. The lowest BCUT2D eigenvalue weighted by molar-refractivity contribution is 0.0834. The van der Waals surface area contributed by atoms with Crippen molar-refractivity contribution in [2.45, 2.75) is 19.4 Å². The number of carbonyl (C=O) groups is 1. The van der Waals surface area contributed by atoms with Crippen molar-refractivity contribution in [3.8, 4) is 0 Å². The van der Waals surface area contributed by atoms with Gasteiger partial charge in [-0.15, -0.1) is 0 Å².